The summed E-state index contributed by atoms with van der Waals surface area (Å²) in [7, 11) is 0. The van der Waals surface area contributed by atoms with Crippen molar-refractivity contribution in [2.24, 2.45) is 5.73 Å². The second kappa shape index (κ2) is 51.0. The van der Waals surface area contributed by atoms with E-state index in [1.165, 1.54) is 76.4 Å². The lowest BCUT2D eigenvalue weighted by atomic mass is 9.92. The van der Waals surface area contributed by atoms with Crippen LogP contribution in [0, 0.1) is 41.5 Å². The number of aryl methyl sites for hydroxylation is 6. The van der Waals surface area contributed by atoms with E-state index in [0.29, 0.717) is 0 Å². The minimum absolute atomic E-state index is 0. The summed E-state index contributed by atoms with van der Waals surface area (Å²) in [5.41, 5.74) is 18.9. The van der Waals surface area contributed by atoms with Crippen molar-refractivity contribution in [1.29, 1.82) is 0 Å². The van der Waals surface area contributed by atoms with Gasteiger partial charge in [0.1, 0.15) is 53.7 Å². The van der Waals surface area contributed by atoms with Crippen molar-refractivity contribution in [3.05, 3.63) is 212 Å². The standard InChI is InChI=1S/C19H29NO4.C14H21NO2.2C13H18O2.2C11H16O.C8H15NO4.ClH/c1-12-10-8-9-11-16(12)13(2)15(4)23-17(21)14(3)20-18(22)24-19(5,6)7;1-9-7-5-6-8-13(9)10(2)12(4)17-14(16)11(3)15;2*1-9-7-5-6-8-13(9)10(2)11(3)15-12(4)14;2*1-8-6-4-5-7-11(8)9(2)10(3)12;1-5(6(10)11)9-7(12)13-8(2,3)4;/h8-11,13-15H,1-7H3,(H,20,22);5-8,10-12H,15H2,1-4H3;2*5-8,10-11H,1-4H3;2*4-7,9-10,12H,1-3H3;5H,1-4H3,(H,9,12)(H,10,11);1H/t13-,14+,15+;10-,11+,12+;2*10-,11+;2*9-,10+;5-;/m1100110./s1. The Balaban J connectivity index is 0. The maximum Gasteiger partial charge on any atom is 0.408 e. The van der Waals surface area contributed by atoms with Crippen LogP contribution in [0.3, 0.4) is 0 Å². The van der Waals surface area contributed by atoms with E-state index in [-0.39, 0.29) is 102 Å². The van der Waals surface area contributed by atoms with Crippen LogP contribution < -0.4 is 16.4 Å². The maximum absolute atomic E-state index is 12.2. The Morgan fingerprint density at radius 2 is 0.541 bits per heavy atom. The van der Waals surface area contributed by atoms with E-state index in [1.54, 1.807) is 55.4 Å². The topological polar surface area (TPSA) is 286 Å². The van der Waals surface area contributed by atoms with Gasteiger partial charge in [0.15, 0.2) is 0 Å². The van der Waals surface area contributed by atoms with Gasteiger partial charge in [-0.3, -0.25) is 19.2 Å². The number of alkyl carbamates (subject to hydrolysis) is 2. The summed E-state index contributed by atoms with van der Waals surface area (Å²) >= 11 is 0. The summed E-state index contributed by atoms with van der Waals surface area (Å²) in [6.07, 6.45) is -2.53. The molecule has 0 saturated heterocycles. The number of carbonyl (C=O) groups excluding carboxylic acids is 6. The number of hydrogen-bond acceptors (Lipinski definition) is 16. The number of aliphatic carboxylic acids is 1. The van der Waals surface area contributed by atoms with Gasteiger partial charge in [-0.2, -0.15) is 0 Å². The van der Waals surface area contributed by atoms with E-state index in [4.69, 9.17) is 39.3 Å². The highest BCUT2D eigenvalue weighted by Gasteiger charge is 2.28. The third-order valence-electron chi connectivity index (χ3n) is 18.2. The fourth-order valence-corrected chi connectivity index (χ4v) is 10.7. The Morgan fingerprint density at radius 3 is 0.734 bits per heavy atom. The highest BCUT2D eigenvalue weighted by molar-refractivity contribution is 5.85. The van der Waals surface area contributed by atoms with E-state index < -0.39 is 53.5 Å². The van der Waals surface area contributed by atoms with Gasteiger partial charge in [0, 0.05) is 49.4 Å². The summed E-state index contributed by atoms with van der Waals surface area (Å²) in [6, 6.07) is 46.6. The minimum atomic E-state index is -1.09. The lowest BCUT2D eigenvalue weighted by Crippen LogP contribution is -2.43. The van der Waals surface area contributed by atoms with Crippen LogP contribution in [-0.4, -0.2) is 123 Å². The summed E-state index contributed by atoms with van der Waals surface area (Å²) in [5.74, 6) is -1.21. The van der Waals surface area contributed by atoms with Gasteiger partial charge in [-0.15, -0.1) is 12.4 Å². The monoisotopic (exact) mass is 1540 g/mol. The molecule has 20 heteroatoms. The van der Waals surface area contributed by atoms with Crippen molar-refractivity contribution in [1.82, 2.24) is 10.6 Å². The van der Waals surface area contributed by atoms with Crippen molar-refractivity contribution in [3.63, 3.8) is 0 Å². The van der Waals surface area contributed by atoms with Crippen LogP contribution >= 0.6 is 12.4 Å². The van der Waals surface area contributed by atoms with E-state index in [2.05, 4.69) is 127 Å². The number of carboxylic acid groups (broad SMARTS) is 1. The third-order valence-corrected chi connectivity index (χ3v) is 18.2. The molecule has 0 fully saturated rings. The lowest BCUT2D eigenvalue weighted by Gasteiger charge is -2.25. The first-order valence-corrected chi connectivity index (χ1v) is 37.4. The fraction of sp³-hybridized carbons (Fsp3) is 0.517. The van der Waals surface area contributed by atoms with Crippen molar-refractivity contribution in [2.45, 2.75) is 302 Å². The van der Waals surface area contributed by atoms with Crippen LogP contribution in [0.2, 0.25) is 0 Å². The first-order chi connectivity index (χ1) is 50.0. The van der Waals surface area contributed by atoms with Crippen LogP contribution in [0.25, 0.3) is 0 Å². The second-order valence-electron chi connectivity index (χ2n) is 30.1. The number of ether oxygens (including phenoxy) is 6. The number of aliphatic hydroxyl groups excluding tert-OH is 2. The largest absolute Gasteiger partial charge is 0.480 e. The molecule has 0 aromatic heterocycles. The van der Waals surface area contributed by atoms with Crippen molar-refractivity contribution in [3.8, 4) is 0 Å². The molecule has 0 unspecified atom stereocenters. The van der Waals surface area contributed by atoms with Gasteiger partial charge in [-0.05, 0) is 212 Å². The van der Waals surface area contributed by atoms with E-state index in [1.807, 2.05) is 154 Å². The molecule has 0 spiro atoms. The number of amides is 2. The summed E-state index contributed by atoms with van der Waals surface area (Å²) in [4.78, 5) is 78.3. The van der Waals surface area contributed by atoms with Crippen LogP contribution in [0.1, 0.15) is 262 Å². The molecule has 0 saturated carbocycles. The van der Waals surface area contributed by atoms with Gasteiger partial charge in [0.05, 0.1) is 12.2 Å². The van der Waals surface area contributed by atoms with E-state index in [0.717, 1.165) is 11.1 Å². The molecule has 19 nitrogen and oxygen atoms in total. The zero-order valence-corrected chi connectivity index (χ0v) is 71.5. The average molecular weight is 1540 g/mol. The molecule has 0 radical (unpaired) electrons. The van der Waals surface area contributed by atoms with Crippen molar-refractivity contribution >= 4 is 54.4 Å². The number of esters is 4. The SMILES string of the molecule is CC(=O)O[C@H](C)[C@H](C)c1ccccc1C.CC(=O)O[C@H](C)[C@H](C)c1ccccc1C.C[C@H](NC(=O)OC(C)(C)C)C(=O)O.Cc1ccccc1[C@H](C)[C@H](C)O.Cc1ccccc1[C@H](C)[C@H](C)O.Cc1ccccc1[C@H](C)[C@H](C)OC(=O)[C@H](C)N.Cc1ccccc1[C@H](C)[C@H](C)OC(=O)[C@H](C)NC(=O)OC(C)(C)C.Cl. The number of benzene rings is 6. The van der Waals surface area contributed by atoms with E-state index in [9.17, 15) is 43.8 Å². The van der Waals surface area contributed by atoms with Crippen LogP contribution in [0.5, 0.6) is 0 Å². The molecule has 7 N–H and O–H groups in total. The zero-order valence-electron chi connectivity index (χ0n) is 70.7. The molecule has 0 aliphatic heterocycles. The quantitative estimate of drug-likeness (QED) is 0.0288. The fourth-order valence-electron chi connectivity index (χ4n) is 10.7. The lowest BCUT2D eigenvalue weighted by molar-refractivity contribution is -0.151. The van der Waals surface area contributed by atoms with Gasteiger partial charge < -0.3 is 60.1 Å². The number of hydrogen-bond donors (Lipinski definition) is 6. The number of nitrogens with one attached hydrogen (secondary N) is 2. The third kappa shape index (κ3) is 41.1. The summed E-state index contributed by atoms with van der Waals surface area (Å²) < 4.78 is 31.2. The molecule has 0 aliphatic rings. The first-order valence-electron chi connectivity index (χ1n) is 37.4. The molecule has 2 amide bonds. The predicted octanol–water partition coefficient (Wildman–Crippen LogP) is 18.8. The van der Waals surface area contributed by atoms with Gasteiger partial charge in [0.25, 0.3) is 0 Å². The zero-order chi connectivity index (χ0) is 83.3. The highest BCUT2D eigenvalue weighted by atomic mass is 35.5. The van der Waals surface area contributed by atoms with Gasteiger partial charge in [-0.25, -0.2) is 14.4 Å². The molecular weight excluding hydrogens is 1400 g/mol. The Kier molecular flexibility index (Phi) is 47.9. The normalized spacial score (nSPS) is 14.8. The number of halogens is 1. The highest BCUT2D eigenvalue weighted by Crippen LogP contribution is 2.29. The maximum atomic E-state index is 12.2. The summed E-state index contributed by atoms with van der Waals surface area (Å²) in [6.45, 7) is 53.9. The van der Waals surface area contributed by atoms with Crippen LogP contribution in [-0.2, 0) is 52.4 Å². The smallest absolute Gasteiger partial charge is 0.408 e. The molecule has 608 valence electrons. The number of carboxylic acids is 1. The van der Waals surface area contributed by atoms with Crippen molar-refractivity contribution < 1.29 is 77.3 Å². The molecule has 0 aliphatic carbocycles. The first kappa shape index (κ1) is 102. The Bertz CT molecular complexity index is 3570. The second-order valence-corrected chi connectivity index (χ2v) is 30.1. The van der Waals surface area contributed by atoms with E-state index >= 15 is 0 Å². The number of rotatable bonds is 21. The van der Waals surface area contributed by atoms with Crippen LogP contribution in [0.15, 0.2) is 146 Å². The molecule has 109 heavy (non-hydrogen) atoms. The molecule has 6 aromatic rings. The minimum Gasteiger partial charge on any atom is -0.480 e. The van der Waals surface area contributed by atoms with Crippen molar-refractivity contribution in [2.75, 3.05) is 0 Å². The molecule has 15 atom stereocenters. The molecule has 6 rings (SSSR count). The molecule has 0 bridgehead atoms. The molecule has 0 heterocycles. The summed E-state index contributed by atoms with van der Waals surface area (Å²) in [5, 5.41) is 31.9. The van der Waals surface area contributed by atoms with Crippen LogP contribution in [0.4, 0.5) is 9.59 Å². The average Bonchev–Trinajstić information content (AvgIpc) is 0.849. The number of aliphatic hydroxyl groups is 2. The molecule has 6 aromatic carbocycles. The predicted molar refractivity (Wildman–Crippen MR) is 441 cm³/mol. The van der Waals surface area contributed by atoms with Gasteiger partial charge in [-0.1, -0.05) is 187 Å². The van der Waals surface area contributed by atoms with Gasteiger partial charge >= 0.3 is 42.0 Å². The Hall–Kier alpha value is -8.62. The Labute approximate surface area is 659 Å². The molecular formula is C89H134ClN3O16. The Morgan fingerprint density at radius 1 is 0.339 bits per heavy atom. The van der Waals surface area contributed by atoms with Gasteiger partial charge in [0.2, 0.25) is 0 Å². The number of nitrogens with two attached hydrogens (primary N) is 1. The number of carbonyl (C=O) groups is 7.